The van der Waals surface area contributed by atoms with Gasteiger partial charge in [0.2, 0.25) is 0 Å². The predicted molar refractivity (Wildman–Crippen MR) is 85.5 cm³/mol. The van der Waals surface area contributed by atoms with Crippen molar-refractivity contribution in [3.05, 3.63) is 58.8 Å². The molecule has 1 aromatic heterocycles. The molecule has 5 heteroatoms. The van der Waals surface area contributed by atoms with Gasteiger partial charge in [-0.2, -0.15) is 0 Å². The summed E-state index contributed by atoms with van der Waals surface area (Å²) in [6, 6.07) is 13.2. The number of rotatable bonds is 6. The van der Waals surface area contributed by atoms with Crippen LogP contribution in [0.3, 0.4) is 0 Å². The SMILES string of the molecule is CN(CCCOc1ccccc1)C(=O)c1cccnc1Br. The molecule has 2 rings (SSSR count). The number of benzene rings is 1. The second-order valence-electron chi connectivity index (χ2n) is 4.58. The minimum Gasteiger partial charge on any atom is -0.494 e. The van der Waals surface area contributed by atoms with E-state index < -0.39 is 0 Å². The Morgan fingerprint density at radius 2 is 2.00 bits per heavy atom. The highest BCUT2D eigenvalue weighted by Crippen LogP contribution is 2.14. The standard InChI is InChI=1S/C16H17BrN2O2/c1-19(16(20)14-9-5-10-18-15(14)17)11-6-12-21-13-7-3-2-4-8-13/h2-5,7-10H,6,11-12H2,1H3. The Bertz CT molecular complexity index is 590. The zero-order chi connectivity index (χ0) is 15.1. The van der Waals surface area contributed by atoms with Crippen LogP contribution in [-0.4, -0.2) is 36.0 Å². The highest BCUT2D eigenvalue weighted by molar-refractivity contribution is 9.10. The molecule has 0 spiro atoms. The van der Waals surface area contributed by atoms with Crippen LogP contribution in [0, 0.1) is 0 Å². The minimum atomic E-state index is -0.0466. The van der Waals surface area contributed by atoms with Gasteiger partial charge in [0.15, 0.2) is 0 Å². The zero-order valence-corrected chi connectivity index (χ0v) is 13.4. The van der Waals surface area contributed by atoms with Crippen LogP contribution in [0.4, 0.5) is 0 Å². The molecule has 1 amide bonds. The molecule has 0 aliphatic heterocycles. The van der Waals surface area contributed by atoms with Crippen molar-refractivity contribution in [2.24, 2.45) is 0 Å². The summed E-state index contributed by atoms with van der Waals surface area (Å²) < 4.78 is 6.18. The number of hydrogen-bond acceptors (Lipinski definition) is 3. The number of halogens is 1. The number of carbonyl (C=O) groups is 1. The molecule has 4 nitrogen and oxygen atoms in total. The quantitative estimate of drug-likeness (QED) is 0.593. The summed E-state index contributed by atoms with van der Waals surface area (Å²) in [7, 11) is 1.78. The first-order chi connectivity index (χ1) is 10.2. The fourth-order valence-electron chi connectivity index (χ4n) is 1.86. The molecule has 0 radical (unpaired) electrons. The molecule has 0 saturated heterocycles. The van der Waals surface area contributed by atoms with Crippen LogP contribution in [0.25, 0.3) is 0 Å². The van der Waals surface area contributed by atoms with Gasteiger partial charge in [-0.05, 0) is 46.6 Å². The van der Waals surface area contributed by atoms with E-state index in [1.54, 1.807) is 30.3 Å². The van der Waals surface area contributed by atoms with Crippen LogP contribution in [0.1, 0.15) is 16.8 Å². The largest absolute Gasteiger partial charge is 0.494 e. The third kappa shape index (κ3) is 4.56. The highest BCUT2D eigenvalue weighted by atomic mass is 79.9. The second-order valence-corrected chi connectivity index (χ2v) is 5.33. The van der Waals surface area contributed by atoms with E-state index in [0.717, 1.165) is 12.2 Å². The van der Waals surface area contributed by atoms with Crippen LogP contribution < -0.4 is 4.74 Å². The van der Waals surface area contributed by atoms with Crippen molar-refractivity contribution in [1.29, 1.82) is 0 Å². The molecule has 21 heavy (non-hydrogen) atoms. The van der Waals surface area contributed by atoms with Gasteiger partial charge in [0.1, 0.15) is 10.4 Å². The number of amides is 1. The van der Waals surface area contributed by atoms with Gasteiger partial charge in [-0.25, -0.2) is 4.98 Å². The maximum Gasteiger partial charge on any atom is 0.256 e. The van der Waals surface area contributed by atoms with E-state index in [-0.39, 0.29) is 5.91 Å². The topological polar surface area (TPSA) is 42.4 Å². The highest BCUT2D eigenvalue weighted by Gasteiger charge is 2.14. The average Bonchev–Trinajstić information content (AvgIpc) is 2.52. The van der Waals surface area contributed by atoms with Crippen molar-refractivity contribution < 1.29 is 9.53 Å². The summed E-state index contributed by atoms with van der Waals surface area (Å²) >= 11 is 3.29. The number of para-hydroxylation sites is 1. The summed E-state index contributed by atoms with van der Waals surface area (Å²) in [5.74, 6) is 0.802. The number of ether oxygens (including phenoxy) is 1. The number of pyridine rings is 1. The molecule has 1 heterocycles. The van der Waals surface area contributed by atoms with Gasteiger partial charge in [-0.15, -0.1) is 0 Å². The Balaban J connectivity index is 1.78. The molecule has 0 saturated carbocycles. The summed E-state index contributed by atoms with van der Waals surface area (Å²) in [6.07, 6.45) is 2.42. The Hall–Kier alpha value is -1.88. The Morgan fingerprint density at radius 3 is 2.71 bits per heavy atom. The second kappa shape index (κ2) is 7.78. The van der Waals surface area contributed by atoms with Crippen molar-refractivity contribution in [2.45, 2.75) is 6.42 Å². The Morgan fingerprint density at radius 1 is 1.24 bits per heavy atom. The van der Waals surface area contributed by atoms with Gasteiger partial charge >= 0.3 is 0 Å². The monoisotopic (exact) mass is 348 g/mol. The number of nitrogens with zero attached hydrogens (tertiary/aromatic N) is 2. The van der Waals surface area contributed by atoms with Gasteiger partial charge in [-0.1, -0.05) is 18.2 Å². The molecular formula is C16H17BrN2O2. The van der Waals surface area contributed by atoms with Gasteiger partial charge in [0, 0.05) is 19.8 Å². The van der Waals surface area contributed by atoms with Crippen molar-refractivity contribution in [3.63, 3.8) is 0 Å². The molecule has 1 aromatic carbocycles. The molecule has 2 aromatic rings. The van der Waals surface area contributed by atoms with E-state index in [1.165, 1.54) is 0 Å². The third-order valence-corrected chi connectivity index (χ3v) is 3.62. The fraction of sp³-hybridized carbons (Fsp3) is 0.250. The van der Waals surface area contributed by atoms with Crippen LogP contribution >= 0.6 is 15.9 Å². The van der Waals surface area contributed by atoms with E-state index >= 15 is 0 Å². The van der Waals surface area contributed by atoms with Crippen LogP contribution in [0.2, 0.25) is 0 Å². The van der Waals surface area contributed by atoms with Crippen molar-refractivity contribution in [2.75, 3.05) is 20.2 Å². The molecule has 0 atom stereocenters. The molecule has 0 unspecified atom stereocenters. The number of carbonyl (C=O) groups excluding carboxylic acids is 1. The first-order valence-corrected chi connectivity index (χ1v) is 7.51. The molecule has 0 N–H and O–H groups in total. The lowest BCUT2D eigenvalue weighted by Gasteiger charge is -2.17. The van der Waals surface area contributed by atoms with E-state index in [4.69, 9.17) is 4.74 Å². The van der Waals surface area contributed by atoms with Crippen molar-refractivity contribution in [3.8, 4) is 5.75 Å². The lowest BCUT2D eigenvalue weighted by atomic mass is 10.2. The molecule has 0 aliphatic rings. The average molecular weight is 349 g/mol. The lowest BCUT2D eigenvalue weighted by molar-refractivity contribution is 0.0786. The molecular weight excluding hydrogens is 332 g/mol. The maximum absolute atomic E-state index is 12.2. The molecule has 110 valence electrons. The fourth-order valence-corrected chi connectivity index (χ4v) is 2.28. The Labute approximate surface area is 132 Å². The summed E-state index contributed by atoms with van der Waals surface area (Å²) in [5, 5.41) is 0. The summed E-state index contributed by atoms with van der Waals surface area (Å²) in [5.41, 5.74) is 0.573. The summed E-state index contributed by atoms with van der Waals surface area (Å²) in [6.45, 7) is 1.21. The van der Waals surface area contributed by atoms with E-state index in [2.05, 4.69) is 20.9 Å². The maximum atomic E-state index is 12.2. The summed E-state index contributed by atoms with van der Waals surface area (Å²) in [4.78, 5) is 18.0. The minimum absolute atomic E-state index is 0.0466. The smallest absolute Gasteiger partial charge is 0.256 e. The Kier molecular flexibility index (Phi) is 5.75. The van der Waals surface area contributed by atoms with E-state index in [1.807, 2.05) is 30.3 Å². The zero-order valence-electron chi connectivity index (χ0n) is 11.8. The van der Waals surface area contributed by atoms with Crippen molar-refractivity contribution >= 4 is 21.8 Å². The molecule has 0 bridgehead atoms. The molecule has 0 aliphatic carbocycles. The normalized spacial score (nSPS) is 10.2. The van der Waals surface area contributed by atoms with Crippen LogP contribution in [0.15, 0.2) is 53.3 Å². The van der Waals surface area contributed by atoms with E-state index in [0.29, 0.717) is 23.3 Å². The number of aromatic nitrogens is 1. The van der Waals surface area contributed by atoms with Crippen molar-refractivity contribution in [1.82, 2.24) is 9.88 Å². The van der Waals surface area contributed by atoms with Gasteiger partial charge in [0.25, 0.3) is 5.91 Å². The van der Waals surface area contributed by atoms with Gasteiger partial charge in [-0.3, -0.25) is 4.79 Å². The number of hydrogen-bond donors (Lipinski definition) is 0. The van der Waals surface area contributed by atoms with Crippen LogP contribution in [-0.2, 0) is 0 Å². The predicted octanol–water partition coefficient (Wildman–Crippen LogP) is 3.39. The lowest BCUT2D eigenvalue weighted by Crippen LogP contribution is -2.29. The first kappa shape index (κ1) is 15.5. The molecule has 0 fully saturated rings. The third-order valence-electron chi connectivity index (χ3n) is 2.99. The van der Waals surface area contributed by atoms with Gasteiger partial charge < -0.3 is 9.64 Å². The van der Waals surface area contributed by atoms with Gasteiger partial charge in [0.05, 0.1) is 12.2 Å². The van der Waals surface area contributed by atoms with Crippen LogP contribution in [0.5, 0.6) is 5.75 Å². The van der Waals surface area contributed by atoms with E-state index in [9.17, 15) is 4.79 Å². The first-order valence-electron chi connectivity index (χ1n) is 6.72.